The molecule has 1 amide bonds. The first-order valence-corrected chi connectivity index (χ1v) is 13.6. The van der Waals surface area contributed by atoms with Crippen LogP contribution in [-0.2, 0) is 34.6 Å². The van der Waals surface area contributed by atoms with Gasteiger partial charge in [0.25, 0.3) is 0 Å². The predicted molar refractivity (Wildman–Crippen MR) is 152 cm³/mol. The SMILES string of the molecule is O=C1N(Cc2ccccc2)CC[C@@]12c1ccccc1N(Cc1ccccc1)[C@H]2CCOCc1ccccc1. The molecule has 0 saturated carbocycles. The van der Waals surface area contributed by atoms with Crippen LogP contribution < -0.4 is 4.90 Å². The Hall–Kier alpha value is -3.89. The van der Waals surface area contributed by atoms with E-state index in [1.165, 1.54) is 27.9 Å². The summed E-state index contributed by atoms with van der Waals surface area (Å²) in [5, 5.41) is 0. The highest BCUT2D eigenvalue weighted by Crippen LogP contribution is 2.52. The van der Waals surface area contributed by atoms with Gasteiger partial charge in [-0.25, -0.2) is 0 Å². The number of hydrogen-bond donors (Lipinski definition) is 0. The van der Waals surface area contributed by atoms with Gasteiger partial charge in [-0.3, -0.25) is 4.79 Å². The second kappa shape index (κ2) is 10.8. The molecule has 0 aliphatic carbocycles. The lowest BCUT2D eigenvalue weighted by molar-refractivity contribution is -0.133. The monoisotopic (exact) mass is 502 g/mol. The Morgan fingerprint density at radius 3 is 1.97 bits per heavy atom. The topological polar surface area (TPSA) is 32.8 Å². The van der Waals surface area contributed by atoms with Crippen molar-refractivity contribution in [3.63, 3.8) is 0 Å². The molecule has 1 saturated heterocycles. The minimum absolute atomic E-state index is 0.0316. The van der Waals surface area contributed by atoms with Crippen LogP contribution in [-0.4, -0.2) is 30.0 Å². The molecule has 6 rings (SSSR count). The molecule has 1 fully saturated rings. The van der Waals surface area contributed by atoms with E-state index in [0.29, 0.717) is 19.8 Å². The third kappa shape index (κ3) is 4.61. The summed E-state index contributed by atoms with van der Waals surface area (Å²) < 4.78 is 6.19. The summed E-state index contributed by atoms with van der Waals surface area (Å²) in [5.41, 5.74) is 5.39. The van der Waals surface area contributed by atoms with E-state index in [-0.39, 0.29) is 11.9 Å². The van der Waals surface area contributed by atoms with Crippen molar-refractivity contribution >= 4 is 11.6 Å². The first-order valence-electron chi connectivity index (χ1n) is 13.6. The van der Waals surface area contributed by atoms with Crippen LogP contribution in [0.3, 0.4) is 0 Å². The molecular weight excluding hydrogens is 468 g/mol. The van der Waals surface area contributed by atoms with Gasteiger partial charge in [0.05, 0.1) is 18.1 Å². The zero-order valence-corrected chi connectivity index (χ0v) is 21.7. The molecule has 38 heavy (non-hydrogen) atoms. The molecule has 0 aromatic heterocycles. The van der Waals surface area contributed by atoms with E-state index in [4.69, 9.17) is 4.74 Å². The van der Waals surface area contributed by atoms with Crippen LogP contribution in [0.15, 0.2) is 115 Å². The summed E-state index contributed by atoms with van der Waals surface area (Å²) in [6, 6.07) is 39.8. The minimum Gasteiger partial charge on any atom is -0.377 e. The number of amides is 1. The van der Waals surface area contributed by atoms with Crippen LogP contribution in [0, 0.1) is 0 Å². The quantitative estimate of drug-likeness (QED) is 0.250. The number of hydrogen-bond acceptors (Lipinski definition) is 3. The molecular formula is C34H34N2O2. The smallest absolute Gasteiger partial charge is 0.235 e. The van der Waals surface area contributed by atoms with Gasteiger partial charge in [-0.2, -0.15) is 0 Å². The van der Waals surface area contributed by atoms with Crippen LogP contribution in [0.1, 0.15) is 35.1 Å². The van der Waals surface area contributed by atoms with Crippen molar-refractivity contribution in [1.82, 2.24) is 4.90 Å². The Balaban J connectivity index is 1.31. The summed E-state index contributed by atoms with van der Waals surface area (Å²) in [5.74, 6) is 0.248. The van der Waals surface area contributed by atoms with Crippen molar-refractivity contribution in [2.24, 2.45) is 0 Å². The van der Waals surface area contributed by atoms with E-state index in [0.717, 1.165) is 25.9 Å². The van der Waals surface area contributed by atoms with E-state index in [9.17, 15) is 4.79 Å². The molecule has 0 N–H and O–H groups in total. The number of carbonyl (C=O) groups is 1. The van der Waals surface area contributed by atoms with Gasteiger partial charge in [0.2, 0.25) is 5.91 Å². The van der Waals surface area contributed by atoms with E-state index in [1.54, 1.807) is 0 Å². The fourth-order valence-corrected chi connectivity index (χ4v) is 6.37. The Morgan fingerprint density at radius 2 is 1.29 bits per heavy atom. The molecule has 4 aromatic carbocycles. The number of fused-ring (bicyclic) bond motifs is 2. The minimum atomic E-state index is -0.559. The van der Waals surface area contributed by atoms with Gasteiger partial charge in [-0.05, 0) is 41.2 Å². The Morgan fingerprint density at radius 1 is 0.711 bits per heavy atom. The van der Waals surface area contributed by atoms with Crippen LogP contribution in [0.2, 0.25) is 0 Å². The average Bonchev–Trinajstić information content (AvgIpc) is 3.43. The van der Waals surface area contributed by atoms with Gasteiger partial charge in [0.15, 0.2) is 0 Å². The highest BCUT2D eigenvalue weighted by Gasteiger charge is 2.59. The lowest BCUT2D eigenvalue weighted by Crippen LogP contribution is -2.50. The highest BCUT2D eigenvalue weighted by molar-refractivity contribution is 5.96. The van der Waals surface area contributed by atoms with E-state index < -0.39 is 5.41 Å². The second-order valence-electron chi connectivity index (χ2n) is 10.4. The molecule has 4 heteroatoms. The summed E-state index contributed by atoms with van der Waals surface area (Å²) in [7, 11) is 0. The molecule has 0 bridgehead atoms. The van der Waals surface area contributed by atoms with Crippen LogP contribution in [0.5, 0.6) is 0 Å². The second-order valence-corrected chi connectivity index (χ2v) is 10.4. The van der Waals surface area contributed by atoms with E-state index >= 15 is 0 Å². The Kier molecular flexibility index (Phi) is 6.98. The molecule has 4 nitrogen and oxygen atoms in total. The standard InChI is InChI=1S/C34H34N2O2/c37-33-34(21-22-35(33)24-27-12-4-1-5-13-27)30-18-10-11-19-31(30)36(25-28-14-6-2-7-15-28)32(34)20-23-38-26-29-16-8-3-9-17-29/h1-19,32H,20-26H2/t32-,34-/m0/s1. The van der Waals surface area contributed by atoms with Crippen molar-refractivity contribution in [3.05, 3.63) is 138 Å². The molecule has 192 valence electrons. The van der Waals surface area contributed by atoms with Crippen molar-refractivity contribution in [1.29, 1.82) is 0 Å². The zero-order valence-electron chi connectivity index (χ0n) is 21.7. The normalized spacial score (nSPS) is 20.3. The fourth-order valence-electron chi connectivity index (χ4n) is 6.37. The Bertz CT molecular complexity index is 1360. The summed E-state index contributed by atoms with van der Waals surface area (Å²) in [6.45, 7) is 3.38. The van der Waals surface area contributed by atoms with Gasteiger partial charge in [0, 0.05) is 31.9 Å². The third-order valence-corrected chi connectivity index (χ3v) is 8.14. The number of rotatable bonds is 9. The van der Waals surface area contributed by atoms with Gasteiger partial charge >= 0.3 is 0 Å². The molecule has 4 aromatic rings. The molecule has 2 heterocycles. The number of carbonyl (C=O) groups excluding carboxylic acids is 1. The third-order valence-electron chi connectivity index (χ3n) is 8.14. The lowest BCUT2D eigenvalue weighted by Gasteiger charge is -2.36. The molecule has 0 radical (unpaired) electrons. The largest absolute Gasteiger partial charge is 0.377 e. The maximum Gasteiger partial charge on any atom is 0.235 e. The Labute approximate surface area is 225 Å². The van der Waals surface area contributed by atoms with Crippen molar-refractivity contribution in [2.75, 3.05) is 18.1 Å². The van der Waals surface area contributed by atoms with Crippen LogP contribution in [0.25, 0.3) is 0 Å². The van der Waals surface area contributed by atoms with Crippen LogP contribution in [0.4, 0.5) is 5.69 Å². The fraction of sp³-hybridized carbons (Fsp3) is 0.265. The maximum atomic E-state index is 14.4. The number of nitrogens with zero attached hydrogens (tertiary/aromatic N) is 2. The predicted octanol–water partition coefficient (Wildman–Crippen LogP) is 6.35. The summed E-state index contributed by atoms with van der Waals surface area (Å²) in [4.78, 5) is 19.0. The number of para-hydroxylation sites is 1. The van der Waals surface area contributed by atoms with Gasteiger partial charge in [0.1, 0.15) is 0 Å². The number of benzene rings is 4. The van der Waals surface area contributed by atoms with Crippen molar-refractivity contribution in [3.8, 4) is 0 Å². The van der Waals surface area contributed by atoms with Gasteiger partial charge in [-0.1, -0.05) is 109 Å². The zero-order chi connectivity index (χ0) is 25.8. The molecule has 2 aliphatic heterocycles. The maximum absolute atomic E-state index is 14.4. The van der Waals surface area contributed by atoms with E-state index in [2.05, 4.69) is 88.7 Å². The van der Waals surface area contributed by atoms with Gasteiger partial charge < -0.3 is 14.5 Å². The van der Waals surface area contributed by atoms with Crippen molar-refractivity contribution < 1.29 is 9.53 Å². The summed E-state index contributed by atoms with van der Waals surface area (Å²) in [6.07, 6.45) is 1.61. The molecule has 2 aliphatic rings. The average molecular weight is 503 g/mol. The number of likely N-dealkylation sites (tertiary alicyclic amines) is 1. The van der Waals surface area contributed by atoms with Crippen molar-refractivity contribution in [2.45, 2.75) is 44.0 Å². The lowest BCUT2D eigenvalue weighted by atomic mass is 9.74. The number of anilines is 1. The molecule has 0 unspecified atom stereocenters. The summed E-state index contributed by atoms with van der Waals surface area (Å²) >= 11 is 0. The van der Waals surface area contributed by atoms with E-state index in [1.807, 2.05) is 36.4 Å². The molecule has 2 atom stereocenters. The van der Waals surface area contributed by atoms with Crippen LogP contribution >= 0.6 is 0 Å². The number of ether oxygens (including phenoxy) is 1. The first-order chi connectivity index (χ1) is 18.8. The first kappa shape index (κ1) is 24.4. The van der Waals surface area contributed by atoms with Gasteiger partial charge in [-0.15, -0.1) is 0 Å². The highest BCUT2D eigenvalue weighted by atomic mass is 16.5. The molecule has 1 spiro atoms.